The van der Waals surface area contributed by atoms with E-state index in [1.807, 2.05) is 0 Å². The fourth-order valence-electron chi connectivity index (χ4n) is 2.10. The van der Waals surface area contributed by atoms with Gasteiger partial charge in [0.15, 0.2) is 9.84 Å². The van der Waals surface area contributed by atoms with Crippen LogP contribution in [0.15, 0.2) is 22.7 Å². The average molecular weight is 336 g/mol. The summed E-state index contributed by atoms with van der Waals surface area (Å²) in [6.07, 6.45) is 1.59. The van der Waals surface area contributed by atoms with Crippen molar-refractivity contribution in [1.82, 2.24) is 5.32 Å². The van der Waals surface area contributed by atoms with E-state index < -0.39 is 9.84 Å². The van der Waals surface area contributed by atoms with Gasteiger partial charge in [-0.2, -0.15) is 0 Å². The van der Waals surface area contributed by atoms with E-state index in [1.165, 1.54) is 6.07 Å². The Bertz CT molecular complexity index is 533. The molecule has 1 aliphatic rings. The molecule has 0 amide bonds. The second-order valence-corrected chi connectivity index (χ2v) is 7.67. The normalized spacial score (nSPS) is 22.9. The molecule has 0 aromatic heterocycles. The lowest BCUT2D eigenvalue weighted by Crippen LogP contribution is -2.39. The lowest BCUT2D eigenvalue weighted by molar-refractivity contribution is 0.480. The van der Waals surface area contributed by atoms with E-state index in [4.69, 9.17) is 0 Å². The fraction of sp³-hybridized carbons (Fsp3) is 0.500. The van der Waals surface area contributed by atoms with Crippen molar-refractivity contribution in [1.29, 1.82) is 0 Å². The van der Waals surface area contributed by atoms with Crippen LogP contribution in [0.3, 0.4) is 0 Å². The quantitative estimate of drug-likeness (QED) is 0.921. The van der Waals surface area contributed by atoms with Crippen molar-refractivity contribution in [2.45, 2.75) is 25.4 Å². The van der Waals surface area contributed by atoms with Gasteiger partial charge in [0.1, 0.15) is 5.82 Å². The van der Waals surface area contributed by atoms with E-state index in [1.54, 1.807) is 12.1 Å². The Morgan fingerprint density at radius 2 is 2.22 bits per heavy atom. The molecule has 6 heteroatoms. The number of benzene rings is 1. The first-order chi connectivity index (χ1) is 8.46. The number of sulfone groups is 1. The largest absolute Gasteiger partial charge is 0.309 e. The Balaban J connectivity index is 1.93. The third-order valence-electron chi connectivity index (χ3n) is 3.04. The molecular weight excluding hydrogens is 321 g/mol. The summed E-state index contributed by atoms with van der Waals surface area (Å²) in [5.74, 6) is 0.210. The number of halogens is 2. The maximum Gasteiger partial charge on any atom is 0.151 e. The summed E-state index contributed by atoms with van der Waals surface area (Å²) < 4.78 is 36.4. The zero-order chi connectivity index (χ0) is 13.2. The molecule has 1 aliphatic heterocycles. The molecule has 0 aliphatic carbocycles. The Labute approximate surface area is 115 Å². The molecule has 18 heavy (non-hydrogen) atoms. The van der Waals surface area contributed by atoms with Crippen LogP contribution in [0.1, 0.15) is 18.4 Å². The van der Waals surface area contributed by atoms with Gasteiger partial charge in [0.2, 0.25) is 0 Å². The molecule has 0 bridgehead atoms. The van der Waals surface area contributed by atoms with Crippen LogP contribution in [0.5, 0.6) is 0 Å². The minimum atomic E-state index is -2.88. The van der Waals surface area contributed by atoms with Crippen molar-refractivity contribution in [3.63, 3.8) is 0 Å². The Kier molecular flexibility index (Phi) is 4.40. The zero-order valence-corrected chi connectivity index (χ0v) is 12.2. The van der Waals surface area contributed by atoms with Gasteiger partial charge in [-0.3, -0.25) is 0 Å². The molecule has 0 saturated carbocycles. The first-order valence-electron chi connectivity index (χ1n) is 5.84. The number of hydrogen-bond acceptors (Lipinski definition) is 3. The number of hydrogen-bond donors (Lipinski definition) is 1. The van der Waals surface area contributed by atoms with E-state index in [9.17, 15) is 12.8 Å². The standard InChI is InChI=1S/C12H15BrFNO2S/c13-11-6-9(3-4-12(11)14)7-15-10-2-1-5-18(16,17)8-10/h3-4,6,10,15H,1-2,5,7-8H2. The lowest BCUT2D eigenvalue weighted by Gasteiger charge is -2.23. The molecular formula is C12H15BrFNO2S. The van der Waals surface area contributed by atoms with E-state index in [0.717, 1.165) is 12.0 Å². The minimum absolute atomic E-state index is 0.00702. The maximum absolute atomic E-state index is 13.0. The summed E-state index contributed by atoms with van der Waals surface area (Å²) in [5.41, 5.74) is 0.936. The summed E-state index contributed by atoms with van der Waals surface area (Å²) in [7, 11) is -2.88. The Morgan fingerprint density at radius 1 is 1.44 bits per heavy atom. The number of rotatable bonds is 3. The van der Waals surface area contributed by atoms with Crippen molar-refractivity contribution >= 4 is 25.8 Å². The van der Waals surface area contributed by atoms with Crippen LogP contribution in [0.2, 0.25) is 0 Å². The summed E-state index contributed by atoms with van der Waals surface area (Å²) in [6, 6.07) is 4.82. The van der Waals surface area contributed by atoms with Crippen molar-refractivity contribution < 1.29 is 12.8 Å². The highest BCUT2D eigenvalue weighted by atomic mass is 79.9. The van der Waals surface area contributed by atoms with Gasteiger partial charge in [0.05, 0.1) is 16.0 Å². The van der Waals surface area contributed by atoms with Gasteiger partial charge in [0.25, 0.3) is 0 Å². The van der Waals surface area contributed by atoms with Gasteiger partial charge in [-0.25, -0.2) is 12.8 Å². The first kappa shape index (κ1) is 14.0. The van der Waals surface area contributed by atoms with Gasteiger partial charge >= 0.3 is 0 Å². The van der Waals surface area contributed by atoms with Gasteiger partial charge in [0, 0.05) is 12.6 Å². The van der Waals surface area contributed by atoms with Gasteiger partial charge in [-0.15, -0.1) is 0 Å². The predicted octanol–water partition coefficient (Wildman–Crippen LogP) is 2.25. The van der Waals surface area contributed by atoms with E-state index in [2.05, 4.69) is 21.2 Å². The zero-order valence-electron chi connectivity index (χ0n) is 9.83. The van der Waals surface area contributed by atoms with Crippen LogP contribution in [-0.4, -0.2) is 26.0 Å². The molecule has 1 fully saturated rings. The summed E-state index contributed by atoms with van der Waals surface area (Å²) in [5, 5.41) is 3.22. The van der Waals surface area contributed by atoms with Gasteiger partial charge in [-0.1, -0.05) is 6.07 Å². The topological polar surface area (TPSA) is 46.2 Å². The molecule has 0 radical (unpaired) electrons. The molecule has 1 saturated heterocycles. The van der Waals surface area contributed by atoms with Crippen LogP contribution < -0.4 is 5.32 Å². The fourth-order valence-corrected chi connectivity index (χ4v) is 4.19. The molecule has 3 nitrogen and oxygen atoms in total. The van der Waals surface area contributed by atoms with Gasteiger partial charge in [-0.05, 0) is 46.5 Å². The second-order valence-electron chi connectivity index (χ2n) is 4.58. The van der Waals surface area contributed by atoms with Crippen molar-refractivity contribution in [2.24, 2.45) is 0 Å². The van der Waals surface area contributed by atoms with Crippen molar-refractivity contribution in [3.05, 3.63) is 34.1 Å². The van der Waals surface area contributed by atoms with Crippen molar-refractivity contribution in [2.75, 3.05) is 11.5 Å². The highest BCUT2D eigenvalue weighted by Gasteiger charge is 2.24. The smallest absolute Gasteiger partial charge is 0.151 e. The predicted molar refractivity (Wildman–Crippen MR) is 72.6 cm³/mol. The van der Waals surface area contributed by atoms with Crippen LogP contribution >= 0.6 is 15.9 Å². The molecule has 1 unspecified atom stereocenters. The van der Waals surface area contributed by atoms with Crippen molar-refractivity contribution in [3.8, 4) is 0 Å². The third kappa shape index (κ3) is 3.76. The third-order valence-corrected chi connectivity index (χ3v) is 5.47. The molecule has 2 rings (SSSR count). The second kappa shape index (κ2) is 5.67. The van der Waals surface area contributed by atoms with Crippen LogP contribution in [0.25, 0.3) is 0 Å². The average Bonchev–Trinajstić information content (AvgIpc) is 2.29. The van der Waals surface area contributed by atoms with E-state index in [0.29, 0.717) is 23.2 Å². The van der Waals surface area contributed by atoms with Gasteiger partial charge < -0.3 is 5.32 Å². The molecule has 1 heterocycles. The van der Waals surface area contributed by atoms with Crippen LogP contribution in [-0.2, 0) is 16.4 Å². The summed E-state index contributed by atoms with van der Waals surface area (Å²) >= 11 is 3.13. The lowest BCUT2D eigenvalue weighted by atomic mass is 10.1. The monoisotopic (exact) mass is 335 g/mol. The Hall–Kier alpha value is -0.460. The molecule has 100 valence electrons. The summed E-state index contributed by atoms with van der Waals surface area (Å²) in [6.45, 7) is 0.555. The summed E-state index contributed by atoms with van der Waals surface area (Å²) in [4.78, 5) is 0. The first-order valence-corrected chi connectivity index (χ1v) is 8.45. The minimum Gasteiger partial charge on any atom is -0.309 e. The molecule has 0 spiro atoms. The Morgan fingerprint density at radius 3 is 2.89 bits per heavy atom. The van der Waals surface area contributed by atoms with Crippen LogP contribution in [0, 0.1) is 5.82 Å². The van der Waals surface area contributed by atoms with E-state index >= 15 is 0 Å². The molecule has 1 aromatic carbocycles. The van der Waals surface area contributed by atoms with Crippen LogP contribution in [0.4, 0.5) is 4.39 Å². The maximum atomic E-state index is 13.0. The highest BCUT2D eigenvalue weighted by Crippen LogP contribution is 2.17. The number of nitrogens with one attached hydrogen (secondary N) is 1. The SMILES string of the molecule is O=S1(=O)CCCC(NCc2ccc(F)c(Br)c2)C1. The molecule has 1 N–H and O–H groups in total. The van der Waals surface area contributed by atoms with E-state index in [-0.39, 0.29) is 17.6 Å². The highest BCUT2D eigenvalue weighted by molar-refractivity contribution is 9.10. The molecule has 1 aromatic rings. The molecule has 1 atom stereocenters.